The van der Waals surface area contributed by atoms with E-state index < -0.39 is 5.79 Å². The van der Waals surface area contributed by atoms with Gasteiger partial charge in [-0.25, -0.2) is 0 Å². The van der Waals surface area contributed by atoms with Crippen molar-refractivity contribution in [3.05, 3.63) is 28.2 Å². The lowest BCUT2D eigenvalue weighted by atomic mass is 10.1. The van der Waals surface area contributed by atoms with Crippen LogP contribution >= 0.6 is 15.9 Å². The fraction of sp³-hybridized carbons (Fsp3) is 0.417. The number of carbonyl (C=O) groups is 1. The summed E-state index contributed by atoms with van der Waals surface area (Å²) >= 11 is 3.40. The minimum atomic E-state index is -1.25. The largest absolute Gasteiger partial charge is 0.338 e. The van der Waals surface area contributed by atoms with E-state index in [1.165, 1.54) is 0 Å². The number of amides is 1. The van der Waals surface area contributed by atoms with Crippen LogP contribution in [0, 0.1) is 0 Å². The summed E-state index contributed by atoms with van der Waals surface area (Å²) in [5.74, 6) is -1.49. The molecule has 1 saturated heterocycles. The second-order valence-electron chi connectivity index (χ2n) is 4.33. The van der Waals surface area contributed by atoms with Gasteiger partial charge in [-0.15, -0.1) is 0 Å². The average Bonchev–Trinajstić information content (AvgIpc) is 2.53. The van der Waals surface area contributed by atoms with E-state index in [4.69, 9.17) is 9.47 Å². The second-order valence-corrected chi connectivity index (χ2v) is 5.24. The molecule has 4 nitrogen and oxygen atoms in total. The van der Waals surface area contributed by atoms with Gasteiger partial charge in [0.05, 0.1) is 18.4 Å². The molecule has 0 bridgehead atoms. The van der Waals surface area contributed by atoms with Crippen molar-refractivity contribution in [3.63, 3.8) is 0 Å². The third kappa shape index (κ3) is 1.61. The zero-order chi connectivity index (χ0) is 12.0. The minimum Gasteiger partial charge on any atom is -0.338 e. The van der Waals surface area contributed by atoms with Gasteiger partial charge in [0.25, 0.3) is 11.7 Å². The first-order valence-corrected chi connectivity index (χ1v) is 6.34. The zero-order valence-corrected chi connectivity index (χ0v) is 10.9. The van der Waals surface area contributed by atoms with Gasteiger partial charge < -0.3 is 14.8 Å². The normalized spacial score (nSPS) is 31.4. The highest BCUT2D eigenvalue weighted by Crippen LogP contribution is 2.43. The highest BCUT2D eigenvalue weighted by Gasteiger charge is 2.52. The number of rotatable bonds is 0. The molecule has 0 radical (unpaired) electrons. The van der Waals surface area contributed by atoms with Gasteiger partial charge in [0.1, 0.15) is 0 Å². The summed E-state index contributed by atoms with van der Waals surface area (Å²) in [4.78, 5) is 12.1. The maximum atomic E-state index is 12.1. The van der Waals surface area contributed by atoms with E-state index >= 15 is 0 Å². The highest BCUT2D eigenvalue weighted by atomic mass is 79.9. The van der Waals surface area contributed by atoms with E-state index in [-0.39, 0.29) is 12.0 Å². The van der Waals surface area contributed by atoms with Crippen LogP contribution in [0.4, 0.5) is 5.69 Å². The Bertz CT molecular complexity index is 491. The molecule has 2 heterocycles. The van der Waals surface area contributed by atoms with Crippen LogP contribution in [0.5, 0.6) is 0 Å². The third-order valence-corrected chi connectivity index (χ3v) is 3.57. The van der Waals surface area contributed by atoms with Gasteiger partial charge >= 0.3 is 0 Å². The number of anilines is 1. The lowest BCUT2D eigenvalue weighted by molar-refractivity contribution is -0.276. The van der Waals surface area contributed by atoms with E-state index in [0.717, 1.165) is 22.1 Å². The zero-order valence-electron chi connectivity index (χ0n) is 9.33. The van der Waals surface area contributed by atoms with Crippen LogP contribution < -0.4 is 5.32 Å². The van der Waals surface area contributed by atoms with Crippen molar-refractivity contribution in [2.24, 2.45) is 0 Å². The number of fused-ring (bicyclic) bond motifs is 2. The number of hydrogen-bond donors (Lipinski definition) is 1. The molecule has 1 fully saturated rings. The predicted octanol–water partition coefficient (Wildman–Crippen LogP) is 2.38. The van der Waals surface area contributed by atoms with Gasteiger partial charge in [0.2, 0.25) is 0 Å². The van der Waals surface area contributed by atoms with E-state index in [1.54, 1.807) is 0 Å². The van der Waals surface area contributed by atoms with E-state index in [2.05, 4.69) is 21.2 Å². The molecule has 2 aliphatic rings. The Hall–Kier alpha value is -0.910. The summed E-state index contributed by atoms with van der Waals surface area (Å²) < 4.78 is 12.3. The molecule has 0 saturated carbocycles. The average molecular weight is 298 g/mol. The molecule has 1 aromatic carbocycles. The summed E-state index contributed by atoms with van der Waals surface area (Å²) in [5.41, 5.74) is 1.51. The molecule has 0 aromatic heterocycles. The number of nitrogens with one attached hydrogen (secondary N) is 1. The predicted molar refractivity (Wildman–Crippen MR) is 65.6 cm³/mol. The Kier molecular flexibility index (Phi) is 2.50. The fourth-order valence-electron chi connectivity index (χ4n) is 2.23. The van der Waals surface area contributed by atoms with Gasteiger partial charge in [0, 0.05) is 10.0 Å². The number of hydrogen-bond acceptors (Lipinski definition) is 3. The molecule has 1 spiro atoms. The monoisotopic (exact) mass is 297 g/mol. The molecule has 1 N–H and O–H groups in total. The van der Waals surface area contributed by atoms with Crippen molar-refractivity contribution in [1.82, 2.24) is 0 Å². The lowest BCUT2D eigenvalue weighted by Gasteiger charge is -2.35. The molecule has 5 heteroatoms. The quantitative estimate of drug-likeness (QED) is 0.800. The number of ether oxygens (including phenoxy) is 2. The first-order valence-electron chi connectivity index (χ1n) is 5.55. The van der Waals surface area contributed by atoms with Gasteiger partial charge in [-0.1, -0.05) is 15.9 Å². The van der Waals surface area contributed by atoms with Gasteiger partial charge in [-0.3, -0.25) is 4.79 Å². The first-order chi connectivity index (χ1) is 8.12. The molecular weight excluding hydrogens is 286 g/mol. The third-order valence-electron chi connectivity index (χ3n) is 3.08. The van der Waals surface area contributed by atoms with Gasteiger partial charge in [0.15, 0.2) is 0 Å². The molecule has 1 amide bonds. The van der Waals surface area contributed by atoms with Crippen molar-refractivity contribution in [2.45, 2.75) is 25.2 Å². The molecule has 1 aromatic rings. The molecule has 2 aliphatic heterocycles. The molecule has 0 aliphatic carbocycles. The maximum Gasteiger partial charge on any atom is 0.289 e. The van der Waals surface area contributed by atoms with Crippen LogP contribution in [-0.2, 0) is 20.1 Å². The van der Waals surface area contributed by atoms with Crippen molar-refractivity contribution in [3.8, 4) is 0 Å². The highest BCUT2D eigenvalue weighted by molar-refractivity contribution is 9.10. The van der Waals surface area contributed by atoms with E-state index in [1.807, 2.05) is 25.1 Å². The molecular formula is C12H12BrNO3. The minimum absolute atomic E-state index is 0.0134. The molecule has 17 heavy (non-hydrogen) atoms. The molecule has 2 atom stereocenters. The van der Waals surface area contributed by atoms with Crippen molar-refractivity contribution in [2.75, 3.05) is 11.9 Å². The van der Waals surface area contributed by atoms with Gasteiger partial charge in [-0.05, 0) is 31.5 Å². The molecule has 3 rings (SSSR count). The van der Waals surface area contributed by atoms with Crippen LogP contribution in [-0.4, -0.2) is 18.6 Å². The number of halogens is 1. The van der Waals surface area contributed by atoms with Crippen LogP contribution in [0.15, 0.2) is 22.7 Å². The van der Waals surface area contributed by atoms with Crippen molar-refractivity contribution in [1.29, 1.82) is 0 Å². The summed E-state index contributed by atoms with van der Waals surface area (Å²) in [6.45, 7) is 2.48. The van der Waals surface area contributed by atoms with Crippen molar-refractivity contribution >= 4 is 27.5 Å². The van der Waals surface area contributed by atoms with Crippen LogP contribution in [0.3, 0.4) is 0 Å². The van der Waals surface area contributed by atoms with E-state index in [9.17, 15) is 4.79 Å². The fourth-order valence-corrected chi connectivity index (χ4v) is 2.59. The first kappa shape index (κ1) is 11.2. The van der Waals surface area contributed by atoms with Crippen LogP contribution in [0.1, 0.15) is 18.9 Å². The topological polar surface area (TPSA) is 47.6 Å². The Labute approximate surface area is 107 Å². The smallest absolute Gasteiger partial charge is 0.289 e. The number of benzene rings is 1. The Balaban J connectivity index is 2.11. The summed E-state index contributed by atoms with van der Waals surface area (Å²) in [5, 5.41) is 2.80. The molecule has 0 unspecified atom stereocenters. The second kappa shape index (κ2) is 3.80. The lowest BCUT2D eigenvalue weighted by Crippen LogP contribution is -2.46. The van der Waals surface area contributed by atoms with E-state index in [0.29, 0.717) is 6.61 Å². The number of carbonyl (C=O) groups excluding carboxylic acids is 1. The Morgan fingerprint density at radius 3 is 3.12 bits per heavy atom. The molecule has 90 valence electrons. The Morgan fingerprint density at radius 2 is 2.35 bits per heavy atom. The standard InChI is InChI=1S/C12H12BrNO3/c1-7-4-5-16-12(17-7)9-6-8(13)2-3-10(9)14-11(12)15/h2-3,6-7H,4-5H2,1H3,(H,14,15)/t7-,12-/m0/s1. The maximum absolute atomic E-state index is 12.1. The van der Waals surface area contributed by atoms with Crippen LogP contribution in [0.2, 0.25) is 0 Å². The SMILES string of the molecule is C[C@H]1CCO[C@@]2(O1)C(=O)Nc1ccc(Br)cc12. The van der Waals surface area contributed by atoms with Gasteiger partial charge in [-0.2, -0.15) is 0 Å². The summed E-state index contributed by atoms with van der Waals surface area (Å²) in [6.07, 6.45) is 0.817. The summed E-state index contributed by atoms with van der Waals surface area (Å²) in [7, 11) is 0. The summed E-state index contributed by atoms with van der Waals surface area (Å²) in [6, 6.07) is 5.59. The Morgan fingerprint density at radius 1 is 1.53 bits per heavy atom. The van der Waals surface area contributed by atoms with Crippen molar-refractivity contribution < 1.29 is 14.3 Å². The van der Waals surface area contributed by atoms with Crippen LogP contribution in [0.25, 0.3) is 0 Å².